The van der Waals surface area contributed by atoms with Crippen molar-refractivity contribution in [1.82, 2.24) is 0 Å². The third-order valence-electron chi connectivity index (χ3n) is 6.45. The second-order valence-electron chi connectivity index (χ2n) is 8.69. The molecule has 33 heavy (non-hydrogen) atoms. The van der Waals surface area contributed by atoms with Crippen molar-refractivity contribution in [2.45, 2.75) is 25.7 Å². The van der Waals surface area contributed by atoms with E-state index in [9.17, 15) is 9.46 Å². The molecule has 2 aliphatic heterocycles. The van der Waals surface area contributed by atoms with Gasteiger partial charge in [0.15, 0.2) is 0 Å². The van der Waals surface area contributed by atoms with E-state index in [2.05, 4.69) is 36.4 Å². The first-order valence-corrected chi connectivity index (χ1v) is 12.7. The lowest BCUT2D eigenvalue weighted by Crippen LogP contribution is -2.03. The highest BCUT2D eigenvalue weighted by atomic mass is 31.2. The summed E-state index contributed by atoms with van der Waals surface area (Å²) in [5.41, 5.74) is 9.24. The second kappa shape index (κ2) is 7.91. The molecule has 0 aromatic heterocycles. The van der Waals surface area contributed by atoms with Crippen LogP contribution in [0.25, 0.3) is 22.3 Å². The number of rotatable bonds is 0. The van der Waals surface area contributed by atoms with Crippen molar-refractivity contribution in [3.05, 3.63) is 107 Å². The Morgan fingerprint density at radius 2 is 1.09 bits per heavy atom. The molecule has 0 fully saturated rings. The first-order chi connectivity index (χ1) is 16.0. The molecule has 0 amide bonds. The quantitative estimate of drug-likeness (QED) is 0.298. The molecule has 0 saturated carbocycles. The van der Waals surface area contributed by atoms with Gasteiger partial charge >= 0.3 is 7.82 Å². The van der Waals surface area contributed by atoms with Crippen molar-refractivity contribution in [3.8, 4) is 33.8 Å². The Kier molecular flexibility index (Phi) is 4.86. The predicted octanol–water partition coefficient (Wildman–Crippen LogP) is 6.78. The average Bonchev–Trinajstić information content (AvgIpc) is 2.79. The summed E-state index contributed by atoms with van der Waals surface area (Å²) in [5.74, 6) is 0.607. The molecule has 1 N–H and O–H groups in total. The van der Waals surface area contributed by atoms with Gasteiger partial charge in [-0.2, -0.15) is 0 Å². The van der Waals surface area contributed by atoms with Gasteiger partial charge in [-0.05, 0) is 94.5 Å². The van der Waals surface area contributed by atoms with E-state index in [1.54, 1.807) is 12.1 Å². The first kappa shape index (κ1) is 20.3. The molecule has 4 aromatic rings. The van der Waals surface area contributed by atoms with Crippen molar-refractivity contribution < 1.29 is 18.5 Å². The van der Waals surface area contributed by atoms with Gasteiger partial charge in [-0.25, -0.2) is 4.57 Å². The van der Waals surface area contributed by atoms with Crippen molar-refractivity contribution in [1.29, 1.82) is 0 Å². The fraction of sp³-hybridized carbons (Fsp3) is 0.143. The topological polar surface area (TPSA) is 55.8 Å². The van der Waals surface area contributed by atoms with Crippen LogP contribution in [-0.4, -0.2) is 4.89 Å². The number of hydrogen-bond acceptors (Lipinski definition) is 3. The largest absolute Gasteiger partial charge is 0.584 e. The maximum Gasteiger partial charge on any atom is 0.584 e. The van der Waals surface area contributed by atoms with Crippen LogP contribution in [0.3, 0.4) is 0 Å². The van der Waals surface area contributed by atoms with E-state index in [0.29, 0.717) is 11.5 Å². The van der Waals surface area contributed by atoms with Crippen LogP contribution in [0.5, 0.6) is 11.5 Å². The number of phosphoric acid groups is 1. The summed E-state index contributed by atoms with van der Waals surface area (Å²) in [6, 6.07) is 28.1. The molecule has 0 radical (unpaired) electrons. The normalized spacial score (nSPS) is 15.8. The SMILES string of the molecule is O=P1(O)Oc2cccc(c2)-c2cc3ccc2CCc2ccc(c(c2)-c2cccc(c2)O1)CC3. The standard InChI is InChI=1S/C28H23O4P/c29-33(30)31-25-5-1-3-23(17-25)27-15-19-7-11-21(27)13-9-20-8-12-22(14-10-19)28(16-20)24-4-2-6-26(18-24)32-33/h1-8,11-12,15-18H,9-10,13-14H2,(H,29,30). The van der Waals surface area contributed by atoms with Gasteiger partial charge in [-0.15, -0.1) is 0 Å². The Labute approximate surface area is 193 Å². The number of benzene rings is 4. The Hall–Kier alpha value is -3.33. The van der Waals surface area contributed by atoms with Crippen molar-refractivity contribution in [3.63, 3.8) is 0 Å². The highest BCUT2D eigenvalue weighted by molar-refractivity contribution is 7.48. The first-order valence-electron chi connectivity index (χ1n) is 11.2. The molecule has 0 unspecified atom stereocenters. The summed E-state index contributed by atoms with van der Waals surface area (Å²) in [7, 11) is -4.37. The Morgan fingerprint density at radius 3 is 1.58 bits per heavy atom. The minimum atomic E-state index is -4.37. The maximum atomic E-state index is 12.8. The summed E-state index contributed by atoms with van der Waals surface area (Å²) in [5, 5.41) is 0. The molecule has 10 bridgehead atoms. The lowest BCUT2D eigenvalue weighted by atomic mass is 9.87. The maximum absolute atomic E-state index is 12.8. The zero-order chi connectivity index (χ0) is 22.4. The van der Waals surface area contributed by atoms with Gasteiger partial charge in [-0.1, -0.05) is 60.7 Å². The van der Waals surface area contributed by atoms with E-state index in [0.717, 1.165) is 47.9 Å². The van der Waals surface area contributed by atoms with Crippen molar-refractivity contribution in [2.24, 2.45) is 0 Å². The molecule has 0 saturated heterocycles. The zero-order valence-corrected chi connectivity index (χ0v) is 18.9. The third kappa shape index (κ3) is 4.08. The number of hydrogen-bond donors (Lipinski definition) is 1. The molecule has 2 heterocycles. The van der Waals surface area contributed by atoms with E-state index < -0.39 is 7.82 Å². The number of fused-ring (bicyclic) bond motifs is 2. The summed E-state index contributed by atoms with van der Waals surface area (Å²) in [6.45, 7) is 0. The molecule has 164 valence electrons. The van der Waals surface area contributed by atoms with Crippen LogP contribution in [0.2, 0.25) is 0 Å². The molecular formula is C28H23O4P. The molecule has 4 nitrogen and oxygen atoms in total. The van der Waals surface area contributed by atoms with Gasteiger partial charge in [0.1, 0.15) is 11.5 Å². The fourth-order valence-corrected chi connectivity index (χ4v) is 5.61. The second-order valence-corrected chi connectivity index (χ2v) is 9.99. The molecule has 0 spiro atoms. The lowest BCUT2D eigenvalue weighted by Gasteiger charge is -2.19. The van der Waals surface area contributed by atoms with Gasteiger partial charge in [0.25, 0.3) is 0 Å². The van der Waals surface area contributed by atoms with Crippen LogP contribution >= 0.6 is 7.82 Å². The smallest absolute Gasteiger partial charge is 0.395 e. The predicted molar refractivity (Wildman–Crippen MR) is 130 cm³/mol. The van der Waals surface area contributed by atoms with E-state index in [1.165, 1.54) is 22.3 Å². The van der Waals surface area contributed by atoms with Gasteiger partial charge in [0.2, 0.25) is 0 Å². The van der Waals surface area contributed by atoms with Crippen molar-refractivity contribution in [2.75, 3.05) is 0 Å². The van der Waals surface area contributed by atoms with Crippen molar-refractivity contribution >= 4 is 7.82 Å². The number of phosphoric ester groups is 1. The molecule has 6 aliphatic rings. The lowest BCUT2D eigenvalue weighted by molar-refractivity contribution is 0.291. The van der Waals surface area contributed by atoms with Crippen LogP contribution in [0.4, 0.5) is 0 Å². The van der Waals surface area contributed by atoms with Crippen LogP contribution in [0.1, 0.15) is 22.3 Å². The van der Waals surface area contributed by atoms with E-state index in [-0.39, 0.29) is 0 Å². The van der Waals surface area contributed by atoms with E-state index in [1.807, 2.05) is 36.4 Å². The Morgan fingerprint density at radius 1 is 0.606 bits per heavy atom. The molecule has 0 atom stereocenters. The van der Waals surface area contributed by atoms with Gasteiger partial charge in [-0.3, -0.25) is 4.89 Å². The van der Waals surface area contributed by atoms with Gasteiger partial charge in [0.05, 0.1) is 0 Å². The number of aryl methyl sites for hydroxylation is 4. The van der Waals surface area contributed by atoms with E-state index >= 15 is 0 Å². The molecule has 4 aliphatic carbocycles. The van der Waals surface area contributed by atoms with Gasteiger partial charge < -0.3 is 9.05 Å². The third-order valence-corrected chi connectivity index (χ3v) is 7.33. The average molecular weight is 454 g/mol. The highest BCUT2D eigenvalue weighted by Gasteiger charge is 2.26. The van der Waals surface area contributed by atoms with Crippen LogP contribution in [-0.2, 0) is 30.2 Å². The van der Waals surface area contributed by atoms with Crippen LogP contribution in [0.15, 0.2) is 84.9 Å². The monoisotopic (exact) mass is 454 g/mol. The minimum Gasteiger partial charge on any atom is -0.395 e. The molecule has 4 aromatic carbocycles. The summed E-state index contributed by atoms with van der Waals surface area (Å²) in [6.07, 6.45) is 3.66. The molecule has 10 rings (SSSR count). The van der Waals surface area contributed by atoms with Gasteiger partial charge in [0, 0.05) is 0 Å². The summed E-state index contributed by atoms with van der Waals surface area (Å²) >= 11 is 0. The Balaban J connectivity index is 1.61. The summed E-state index contributed by atoms with van der Waals surface area (Å²) in [4.78, 5) is 10.5. The Bertz CT molecular complexity index is 1320. The fourth-order valence-electron chi connectivity index (χ4n) is 4.82. The highest BCUT2D eigenvalue weighted by Crippen LogP contribution is 2.46. The molecule has 5 heteroatoms. The zero-order valence-electron chi connectivity index (χ0n) is 18.0. The van der Waals surface area contributed by atoms with Crippen LogP contribution in [0, 0.1) is 0 Å². The minimum absolute atomic E-state index is 0.303. The van der Waals surface area contributed by atoms with Crippen LogP contribution < -0.4 is 9.05 Å². The van der Waals surface area contributed by atoms with E-state index in [4.69, 9.17) is 9.05 Å². The summed E-state index contributed by atoms with van der Waals surface area (Å²) < 4.78 is 23.7. The molecular weight excluding hydrogens is 431 g/mol.